The number of carbonyl (C=O) groups excluding carboxylic acids is 2. The largest absolute Gasteiger partial charge is 0.496 e. The Hall–Kier alpha value is -4.08. The van der Waals surface area contributed by atoms with Crippen LogP contribution in [0.15, 0.2) is 59.5 Å². The number of para-hydroxylation sites is 1. The summed E-state index contributed by atoms with van der Waals surface area (Å²) in [5.41, 5.74) is -0.305. The standard InChI is InChI=1S/C28H23Cl2N5O4/c1-14(2)34-23-22(32-24(34)17-7-5-6-8-21(17)39-4)26(37)35(20-12-16(30)13-33(3)25(20)36)28(23)18-10-9-15(29)11-19(18)31-27(28)38/h5-14H,1-4H3,(H,31,38)/t28-/m1/s1. The number of halogens is 2. The number of aryl methyl sites for hydroxylation is 1. The van der Waals surface area contributed by atoms with Crippen molar-refractivity contribution < 1.29 is 14.3 Å². The van der Waals surface area contributed by atoms with Gasteiger partial charge >= 0.3 is 0 Å². The van der Waals surface area contributed by atoms with Gasteiger partial charge in [-0.15, -0.1) is 0 Å². The molecular formula is C28H23Cl2N5O4. The van der Waals surface area contributed by atoms with E-state index in [1.54, 1.807) is 31.4 Å². The molecule has 2 aliphatic rings. The van der Waals surface area contributed by atoms with E-state index >= 15 is 0 Å². The number of pyridine rings is 1. The molecule has 4 aromatic rings. The minimum atomic E-state index is -1.75. The number of imidazole rings is 1. The molecular weight excluding hydrogens is 541 g/mol. The molecule has 2 aliphatic heterocycles. The predicted molar refractivity (Wildman–Crippen MR) is 149 cm³/mol. The number of hydrogen-bond donors (Lipinski definition) is 1. The Balaban J connectivity index is 1.76. The van der Waals surface area contributed by atoms with Crippen LogP contribution in [0.1, 0.15) is 41.6 Å². The van der Waals surface area contributed by atoms with Gasteiger partial charge in [0, 0.05) is 35.6 Å². The molecule has 0 aliphatic carbocycles. The number of nitrogens with zero attached hydrogens (tertiary/aromatic N) is 4. The molecule has 6 rings (SSSR count). The minimum Gasteiger partial charge on any atom is -0.496 e. The van der Waals surface area contributed by atoms with E-state index in [9.17, 15) is 14.4 Å². The van der Waals surface area contributed by atoms with E-state index in [1.165, 1.54) is 28.8 Å². The molecule has 2 amide bonds. The smallest absolute Gasteiger partial charge is 0.280 e. The molecule has 1 spiro atoms. The lowest BCUT2D eigenvalue weighted by Gasteiger charge is -2.35. The van der Waals surface area contributed by atoms with Crippen LogP contribution in [0.5, 0.6) is 5.75 Å². The Morgan fingerprint density at radius 1 is 1.03 bits per heavy atom. The van der Waals surface area contributed by atoms with Gasteiger partial charge in [-0.1, -0.05) is 41.4 Å². The summed E-state index contributed by atoms with van der Waals surface area (Å²) in [6.07, 6.45) is 1.45. The van der Waals surface area contributed by atoms with E-state index in [1.807, 2.05) is 36.6 Å². The monoisotopic (exact) mass is 563 g/mol. The van der Waals surface area contributed by atoms with Crippen LogP contribution in [-0.2, 0) is 17.4 Å². The number of ether oxygens (including phenoxy) is 1. The molecule has 2 aromatic heterocycles. The Kier molecular flexibility index (Phi) is 5.64. The van der Waals surface area contributed by atoms with Gasteiger partial charge in [-0.3, -0.25) is 19.3 Å². The van der Waals surface area contributed by atoms with E-state index in [2.05, 4.69) is 5.32 Å². The first kappa shape index (κ1) is 25.2. The second kappa shape index (κ2) is 8.72. The molecule has 0 saturated heterocycles. The van der Waals surface area contributed by atoms with Crippen molar-refractivity contribution in [2.45, 2.75) is 25.4 Å². The zero-order valence-corrected chi connectivity index (χ0v) is 23.0. The number of methoxy groups -OCH3 is 1. The number of hydrogen-bond acceptors (Lipinski definition) is 5. The Labute approximate surface area is 233 Å². The molecule has 0 radical (unpaired) electrons. The lowest BCUT2D eigenvalue weighted by molar-refractivity contribution is -0.119. The summed E-state index contributed by atoms with van der Waals surface area (Å²) >= 11 is 12.6. The third-order valence-electron chi connectivity index (χ3n) is 7.18. The maximum absolute atomic E-state index is 14.4. The summed E-state index contributed by atoms with van der Waals surface area (Å²) in [6.45, 7) is 3.88. The number of anilines is 2. The number of fused-ring (bicyclic) bond motifs is 4. The normalized spacial score (nSPS) is 17.7. The summed E-state index contributed by atoms with van der Waals surface area (Å²) in [7, 11) is 3.09. The molecule has 9 nitrogen and oxygen atoms in total. The van der Waals surface area contributed by atoms with Gasteiger partial charge in [0.25, 0.3) is 17.4 Å². The second-order valence-electron chi connectivity index (χ2n) is 9.75. The Morgan fingerprint density at radius 3 is 2.49 bits per heavy atom. The first-order valence-electron chi connectivity index (χ1n) is 12.2. The van der Waals surface area contributed by atoms with Crippen LogP contribution in [0, 0.1) is 0 Å². The number of benzene rings is 2. The highest BCUT2D eigenvalue weighted by Gasteiger charge is 2.64. The van der Waals surface area contributed by atoms with Gasteiger partial charge in [-0.2, -0.15) is 0 Å². The van der Waals surface area contributed by atoms with Gasteiger partial charge in [-0.05, 0) is 44.2 Å². The third-order valence-corrected chi connectivity index (χ3v) is 7.62. The fourth-order valence-corrected chi connectivity index (χ4v) is 6.07. The maximum atomic E-state index is 14.4. The summed E-state index contributed by atoms with van der Waals surface area (Å²) in [6, 6.07) is 13.5. The summed E-state index contributed by atoms with van der Waals surface area (Å²) < 4.78 is 8.74. The molecule has 0 saturated carbocycles. The predicted octanol–water partition coefficient (Wildman–Crippen LogP) is 5.00. The van der Waals surface area contributed by atoms with Crippen molar-refractivity contribution >= 4 is 46.4 Å². The van der Waals surface area contributed by atoms with Crippen LogP contribution < -0.4 is 20.5 Å². The average Bonchev–Trinajstić information content (AvgIpc) is 3.50. The van der Waals surface area contributed by atoms with Crippen molar-refractivity contribution in [3.8, 4) is 17.1 Å². The number of amides is 2. The molecule has 2 aromatic carbocycles. The number of carbonyl (C=O) groups is 2. The highest BCUT2D eigenvalue weighted by atomic mass is 35.5. The topological polar surface area (TPSA) is 98.5 Å². The second-order valence-corrected chi connectivity index (χ2v) is 10.6. The van der Waals surface area contributed by atoms with Crippen LogP contribution in [0.3, 0.4) is 0 Å². The van der Waals surface area contributed by atoms with E-state index < -0.39 is 22.9 Å². The first-order valence-corrected chi connectivity index (χ1v) is 12.9. The van der Waals surface area contributed by atoms with E-state index in [0.29, 0.717) is 39.1 Å². The molecule has 39 heavy (non-hydrogen) atoms. The van der Waals surface area contributed by atoms with Crippen LogP contribution in [0.4, 0.5) is 11.4 Å². The van der Waals surface area contributed by atoms with E-state index in [-0.39, 0.29) is 22.4 Å². The van der Waals surface area contributed by atoms with Gasteiger partial charge in [0.2, 0.25) is 0 Å². The van der Waals surface area contributed by atoms with Crippen molar-refractivity contribution in [3.63, 3.8) is 0 Å². The Morgan fingerprint density at radius 2 is 1.77 bits per heavy atom. The van der Waals surface area contributed by atoms with Crippen LogP contribution >= 0.6 is 23.2 Å². The fourth-order valence-electron chi connectivity index (χ4n) is 5.65. The third kappa shape index (κ3) is 3.33. The summed E-state index contributed by atoms with van der Waals surface area (Å²) in [5.74, 6) is -0.0811. The van der Waals surface area contributed by atoms with Crippen LogP contribution in [0.2, 0.25) is 10.0 Å². The fraction of sp³-hybridized carbons (Fsp3) is 0.214. The van der Waals surface area contributed by atoms with Crippen molar-refractivity contribution in [2.75, 3.05) is 17.3 Å². The molecule has 0 fully saturated rings. The highest BCUT2D eigenvalue weighted by Crippen LogP contribution is 2.54. The lowest BCUT2D eigenvalue weighted by atomic mass is 9.87. The lowest BCUT2D eigenvalue weighted by Crippen LogP contribution is -2.53. The average molecular weight is 564 g/mol. The van der Waals surface area contributed by atoms with Gasteiger partial charge in [0.15, 0.2) is 11.2 Å². The first-order chi connectivity index (χ1) is 18.6. The molecule has 0 unspecified atom stereocenters. The Bertz CT molecular complexity index is 1780. The van der Waals surface area contributed by atoms with Crippen molar-refractivity contribution in [1.82, 2.24) is 14.1 Å². The molecule has 4 heterocycles. The van der Waals surface area contributed by atoms with Gasteiger partial charge < -0.3 is 19.2 Å². The van der Waals surface area contributed by atoms with Crippen molar-refractivity contribution in [2.24, 2.45) is 7.05 Å². The summed E-state index contributed by atoms with van der Waals surface area (Å²) in [5, 5.41) is 3.54. The minimum absolute atomic E-state index is 0.0416. The number of nitrogens with one attached hydrogen (secondary N) is 1. The van der Waals surface area contributed by atoms with Gasteiger partial charge in [0.1, 0.15) is 17.3 Å². The van der Waals surface area contributed by atoms with E-state index in [0.717, 1.165) is 0 Å². The molecule has 1 N–H and O–H groups in total. The van der Waals surface area contributed by atoms with Crippen LogP contribution in [-0.4, -0.2) is 33.0 Å². The summed E-state index contributed by atoms with van der Waals surface area (Å²) in [4.78, 5) is 48.1. The molecule has 0 bridgehead atoms. The van der Waals surface area contributed by atoms with Crippen molar-refractivity contribution in [3.05, 3.63) is 92.1 Å². The van der Waals surface area contributed by atoms with Crippen molar-refractivity contribution in [1.29, 1.82) is 0 Å². The number of rotatable bonds is 4. The van der Waals surface area contributed by atoms with Gasteiger partial charge in [-0.25, -0.2) is 4.98 Å². The molecule has 198 valence electrons. The SMILES string of the molecule is COc1ccccc1-c1nc2c(n1C(C)C)[C@]1(C(=O)Nc3cc(Cl)ccc31)N(c1cc(Cl)cn(C)c1=O)C2=O. The highest BCUT2D eigenvalue weighted by molar-refractivity contribution is 6.32. The van der Waals surface area contributed by atoms with Gasteiger partial charge in [0.05, 0.1) is 23.4 Å². The zero-order chi connectivity index (χ0) is 27.8. The number of aromatic nitrogens is 3. The quantitative estimate of drug-likeness (QED) is 0.376. The zero-order valence-electron chi connectivity index (χ0n) is 21.5. The maximum Gasteiger partial charge on any atom is 0.280 e. The molecule has 11 heteroatoms. The van der Waals surface area contributed by atoms with E-state index in [4.69, 9.17) is 32.9 Å². The molecule has 1 atom stereocenters. The van der Waals surface area contributed by atoms with Crippen LogP contribution in [0.25, 0.3) is 11.4 Å².